The van der Waals surface area contributed by atoms with Crippen LogP contribution in [0.4, 0.5) is 11.4 Å². The van der Waals surface area contributed by atoms with Crippen molar-refractivity contribution in [1.29, 1.82) is 0 Å². The molecule has 24 heavy (non-hydrogen) atoms. The zero-order valence-electron chi connectivity index (χ0n) is 13.7. The van der Waals surface area contributed by atoms with Crippen LogP contribution >= 0.6 is 0 Å². The molecule has 6 heteroatoms. The Labute approximate surface area is 140 Å². The van der Waals surface area contributed by atoms with E-state index in [2.05, 4.69) is 11.9 Å². The number of Topliss-reactive ketones (excluding diaryl/α,β-unsaturated/α-hetero) is 1. The molecule has 0 unspecified atom stereocenters. The maximum atomic E-state index is 12.3. The van der Waals surface area contributed by atoms with E-state index in [0.29, 0.717) is 24.1 Å². The number of benzene rings is 1. The molecule has 1 aromatic carbocycles. The second-order valence-electron chi connectivity index (χ2n) is 5.67. The maximum Gasteiger partial charge on any atom is 0.296 e. The van der Waals surface area contributed by atoms with E-state index in [-0.39, 0.29) is 22.7 Å². The predicted octanol–water partition coefficient (Wildman–Crippen LogP) is 3.93. The number of carbonyl (C=O) groups excluding carboxylic acids is 1. The molecule has 0 spiro atoms. The van der Waals surface area contributed by atoms with Crippen LogP contribution in [0.5, 0.6) is 0 Å². The van der Waals surface area contributed by atoms with Gasteiger partial charge < -0.3 is 5.73 Å². The normalized spacial score (nSPS) is 10.5. The van der Waals surface area contributed by atoms with Gasteiger partial charge in [-0.2, -0.15) is 0 Å². The molecule has 0 atom stereocenters. The molecule has 2 N–H and O–H groups in total. The Morgan fingerprint density at radius 1 is 1.25 bits per heavy atom. The smallest absolute Gasteiger partial charge is 0.296 e. The number of nitro groups is 1. The van der Waals surface area contributed by atoms with Gasteiger partial charge in [0, 0.05) is 35.9 Å². The first-order chi connectivity index (χ1) is 11.5. The van der Waals surface area contributed by atoms with Crippen molar-refractivity contribution in [2.75, 3.05) is 5.73 Å². The highest BCUT2D eigenvalue weighted by molar-refractivity contribution is 6.02. The van der Waals surface area contributed by atoms with E-state index in [1.807, 2.05) is 6.07 Å². The van der Waals surface area contributed by atoms with Crippen LogP contribution in [0.3, 0.4) is 0 Å². The number of aromatic nitrogens is 1. The lowest BCUT2D eigenvalue weighted by molar-refractivity contribution is -0.384. The van der Waals surface area contributed by atoms with Gasteiger partial charge in [-0.25, -0.2) is 0 Å². The summed E-state index contributed by atoms with van der Waals surface area (Å²) in [4.78, 5) is 27.4. The van der Waals surface area contributed by atoms with Crippen LogP contribution in [0.25, 0.3) is 0 Å². The zero-order valence-corrected chi connectivity index (χ0v) is 13.7. The number of nitro benzene ring substituents is 1. The monoisotopic (exact) mass is 327 g/mol. The van der Waals surface area contributed by atoms with Gasteiger partial charge >= 0.3 is 0 Å². The van der Waals surface area contributed by atoms with Crippen molar-refractivity contribution in [1.82, 2.24) is 4.98 Å². The molecule has 0 fully saturated rings. The summed E-state index contributed by atoms with van der Waals surface area (Å²) in [7, 11) is 0. The summed E-state index contributed by atoms with van der Waals surface area (Å²) in [6, 6.07) is 8.60. The summed E-state index contributed by atoms with van der Waals surface area (Å²) in [5, 5.41) is 11.5. The van der Waals surface area contributed by atoms with E-state index in [1.54, 1.807) is 30.5 Å². The topological polar surface area (TPSA) is 99.1 Å². The van der Waals surface area contributed by atoms with Crippen molar-refractivity contribution in [3.05, 3.63) is 63.5 Å². The molecule has 0 amide bonds. The minimum Gasteiger partial charge on any atom is -0.393 e. The molecule has 1 aromatic heterocycles. The number of rotatable bonds is 8. The van der Waals surface area contributed by atoms with E-state index in [0.717, 1.165) is 19.3 Å². The van der Waals surface area contributed by atoms with Crippen molar-refractivity contribution >= 4 is 17.2 Å². The van der Waals surface area contributed by atoms with E-state index < -0.39 is 4.92 Å². The predicted molar refractivity (Wildman–Crippen MR) is 93.0 cm³/mol. The summed E-state index contributed by atoms with van der Waals surface area (Å²) in [5.74, 6) is -0.145. The van der Waals surface area contributed by atoms with Gasteiger partial charge in [-0.1, -0.05) is 31.9 Å². The first-order valence-electron chi connectivity index (χ1n) is 8.03. The van der Waals surface area contributed by atoms with Crippen LogP contribution in [-0.4, -0.2) is 15.7 Å². The molecule has 0 saturated carbocycles. The highest BCUT2D eigenvalue weighted by atomic mass is 16.6. The van der Waals surface area contributed by atoms with Gasteiger partial charge in [0.2, 0.25) is 0 Å². The summed E-state index contributed by atoms with van der Waals surface area (Å²) in [6.07, 6.45) is 5.01. The molecule has 1 heterocycles. The number of carbonyl (C=O) groups is 1. The van der Waals surface area contributed by atoms with Crippen LogP contribution in [0.2, 0.25) is 0 Å². The second-order valence-corrected chi connectivity index (χ2v) is 5.67. The van der Waals surface area contributed by atoms with Crippen molar-refractivity contribution < 1.29 is 9.72 Å². The summed E-state index contributed by atoms with van der Waals surface area (Å²) < 4.78 is 0. The Balaban J connectivity index is 2.32. The maximum absolute atomic E-state index is 12.3. The van der Waals surface area contributed by atoms with Crippen LogP contribution in [0, 0.1) is 10.1 Å². The van der Waals surface area contributed by atoms with Gasteiger partial charge in [-0.3, -0.25) is 19.9 Å². The Kier molecular flexibility index (Phi) is 6.01. The first kappa shape index (κ1) is 17.6. The highest BCUT2D eigenvalue weighted by Gasteiger charge is 2.24. The number of nitrogen functional groups attached to an aromatic ring is 1. The third-order valence-electron chi connectivity index (χ3n) is 3.89. The molecule has 0 radical (unpaired) electrons. The van der Waals surface area contributed by atoms with Crippen molar-refractivity contribution in [2.45, 2.75) is 39.0 Å². The molecular formula is C18H21N3O3. The third-order valence-corrected chi connectivity index (χ3v) is 3.89. The fraction of sp³-hybridized carbons (Fsp3) is 0.333. The fourth-order valence-corrected chi connectivity index (χ4v) is 2.62. The standard InChI is InChI=1S/C18H21N3O3/c1-2-3-4-8-16(22)15-10-9-13(18(17(15)19)21(23)24)12-14-7-5-6-11-20-14/h5-7,9-11H,2-4,8,12,19H2,1H3. The lowest BCUT2D eigenvalue weighted by atomic mass is 9.97. The number of nitrogens with two attached hydrogens (primary N) is 1. The second kappa shape index (κ2) is 8.19. The van der Waals surface area contributed by atoms with Crippen LogP contribution in [0.1, 0.15) is 54.2 Å². The third kappa shape index (κ3) is 4.16. The summed E-state index contributed by atoms with van der Waals surface area (Å²) in [5.41, 5.74) is 7.13. The first-order valence-corrected chi connectivity index (χ1v) is 8.03. The van der Waals surface area contributed by atoms with Crippen molar-refractivity contribution in [3.8, 4) is 0 Å². The summed E-state index contributed by atoms with van der Waals surface area (Å²) >= 11 is 0. The largest absolute Gasteiger partial charge is 0.393 e. The number of pyridine rings is 1. The molecule has 126 valence electrons. The molecule has 2 rings (SSSR count). The Bertz CT molecular complexity index is 730. The fourth-order valence-electron chi connectivity index (χ4n) is 2.62. The van der Waals surface area contributed by atoms with Gasteiger partial charge in [0.25, 0.3) is 5.69 Å². The van der Waals surface area contributed by atoms with Crippen molar-refractivity contribution in [3.63, 3.8) is 0 Å². The number of ketones is 1. The molecule has 0 bridgehead atoms. The Hall–Kier alpha value is -2.76. The zero-order chi connectivity index (χ0) is 17.5. The average molecular weight is 327 g/mol. The van der Waals surface area contributed by atoms with Crippen molar-refractivity contribution in [2.24, 2.45) is 0 Å². The van der Waals surface area contributed by atoms with Gasteiger partial charge in [-0.05, 0) is 24.6 Å². The van der Waals surface area contributed by atoms with E-state index >= 15 is 0 Å². The van der Waals surface area contributed by atoms with Crippen LogP contribution in [-0.2, 0) is 6.42 Å². The number of nitrogens with zero attached hydrogens (tertiary/aromatic N) is 2. The number of hydrogen-bond donors (Lipinski definition) is 1. The summed E-state index contributed by atoms with van der Waals surface area (Å²) in [6.45, 7) is 2.05. The van der Waals surface area contributed by atoms with Gasteiger partial charge in [-0.15, -0.1) is 0 Å². The molecule has 0 aliphatic heterocycles. The molecule has 0 saturated heterocycles. The molecule has 6 nitrogen and oxygen atoms in total. The van der Waals surface area contributed by atoms with E-state index in [9.17, 15) is 14.9 Å². The number of anilines is 1. The molecular weight excluding hydrogens is 306 g/mol. The minimum atomic E-state index is -0.517. The van der Waals surface area contributed by atoms with E-state index in [4.69, 9.17) is 5.73 Å². The van der Waals surface area contributed by atoms with Gasteiger partial charge in [0.1, 0.15) is 5.69 Å². The van der Waals surface area contributed by atoms with Gasteiger partial charge in [0.15, 0.2) is 5.78 Å². The number of unbranched alkanes of at least 4 members (excludes halogenated alkanes) is 2. The highest BCUT2D eigenvalue weighted by Crippen LogP contribution is 2.32. The average Bonchev–Trinajstić information content (AvgIpc) is 2.55. The number of hydrogen-bond acceptors (Lipinski definition) is 5. The SMILES string of the molecule is CCCCCC(=O)c1ccc(Cc2ccccn2)c([N+](=O)[O-])c1N. The molecule has 2 aromatic rings. The van der Waals surface area contributed by atoms with Gasteiger partial charge in [0.05, 0.1) is 4.92 Å². The van der Waals surface area contributed by atoms with E-state index in [1.165, 1.54) is 0 Å². The van der Waals surface area contributed by atoms with Crippen LogP contribution in [0.15, 0.2) is 36.5 Å². The van der Waals surface area contributed by atoms with Crippen LogP contribution < -0.4 is 5.73 Å². The minimum absolute atomic E-state index is 0.0464. The lowest BCUT2D eigenvalue weighted by Crippen LogP contribution is -2.09. The molecule has 0 aliphatic rings. The Morgan fingerprint density at radius 2 is 2.04 bits per heavy atom. The molecule has 0 aliphatic carbocycles. The quantitative estimate of drug-likeness (QED) is 0.260. The Morgan fingerprint density at radius 3 is 2.67 bits per heavy atom. The lowest BCUT2D eigenvalue weighted by Gasteiger charge is -2.09.